The number of aliphatic hydroxyl groups excluding tert-OH is 1. The summed E-state index contributed by atoms with van der Waals surface area (Å²) in [4.78, 5) is 2.14. The average molecular weight is 283 g/mol. The molecular formula is C15H25NO4. The van der Waals surface area contributed by atoms with Crippen LogP contribution in [-0.4, -0.2) is 57.6 Å². The molecule has 20 heavy (non-hydrogen) atoms. The lowest BCUT2D eigenvalue weighted by Gasteiger charge is -2.24. The van der Waals surface area contributed by atoms with Gasteiger partial charge >= 0.3 is 0 Å². The molecule has 0 aliphatic carbocycles. The molecule has 0 aromatic heterocycles. The number of hydrogen-bond acceptors (Lipinski definition) is 5. The van der Waals surface area contributed by atoms with Crippen LogP contribution in [0.2, 0.25) is 0 Å². The predicted octanol–water partition coefficient (Wildman–Crippen LogP) is 1.71. The molecule has 0 saturated carbocycles. The maximum Gasteiger partial charge on any atom is 0.128 e. The van der Waals surface area contributed by atoms with Gasteiger partial charge in [-0.05, 0) is 18.7 Å². The molecule has 1 aromatic rings. The van der Waals surface area contributed by atoms with Crippen LogP contribution in [0, 0.1) is 0 Å². The molecule has 0 aliphatic rings. The number of rotatable bonds is 9. The highest BCUT2D eigenvalue weighted by Gasteiger charge is 2.17. The molecule has 1 aromatic carbocycles. The van der Waals surface area contributed by atoms with E-state index in [4.69, 9.17) is 14.2 Å². The molecule has 0 bridgehead atoms. The van der Waals surface area contributed by atoms with Crippen LogP contribution in [0.25, 0.3) is 0 Å². The number of aliphatic hydroxyl groups is 1. The lowest BCUT2D eigenvalue weighted by atomic mass is 10.1. The second kappa shape index (κ2) is 8.79. The Kier molecular flexibility index (Phi) is 7.36. The highest BCUT2D eigenvalue weighted by molar-refractivity contribution is 5.42. The minimum Gasteiger partial charge on any atom is -0.497 e. The van der Waals surface area contributed by atoms with Gasteiger partial charge in [-0.15, -0.1) is 0 Å². The van der Waals surface area contributed by atoms with E-state index in [2.05, 4.69) is 11.8 Å². The zero-order valence-corrected chi connectivity index (χ0v) is 12.8. The van der Waals surface area contributed by atoms with E-state index in [-0.39, 0.29) is 0 Å². The van der Waals surface area contributed by atoms with Gasteiger partial charge in [-0.1, -0.05) is 6.92 Å². The fourth-order valence-corrected chi connectivity index (χ4v) is 2.04. The van der Waals surface area contributed by atoms with Crippen molar-refractivity contribution in [2.24, 2.45) is 0 Å². The van der Waals surface area contributed by atoms with Crippen molar-refractivity contribution in [3.63, 3.8) is 0 Å². The monoisotopic (exact) mass is 283 g/mol. The second-order valence-electron chi connectivity index (χ2n) is 4.51. The fraction of sp³-hybridized carbons (Fsp3) is 0.600. The first-order valence-corrected chi connectivity index (χ1v) is 6.77. The summed E-state index contributed by atoms with van der Waals surface area (Å²) in [5.74, 6) is 1.35. The van der Waals surface area contributed by atoms with Gasteiger partial charge in [0.2, 0.25) is 0 Å². The molecule has 5 heteroatoms. The van der Waals surface area contributed by atoms with Crippen LogP contribution < -0.4 is 9.47 Å². The lowest BCUT2D eigenvalue weighted by molar-refractivity contribution is 0.0905. The Morgan fingerprint density at radius 2 is 1.95 bits per heavy atom. The van der Waals surface area contributed by atoms with E-state index in [1.165, 1.54) is 0 Å². The zero-order chi connectivity index (χ0) is 15.0. The summed E-state index contributed by atoms with van der Waals surface area (Å²) in [5, 5.41) is 10.4. The van der Waals surface area contributed by atoms with Crippen LogP contribution in [0.3, 0.4) is 0 Å². The van der Waals surface area contributed by atoms with E-state index in [1.807, 2.05) is 12.1 Å². The quantitative estimate of drug-likeness (QED) is 0.747. The van der Waals surface area contributed by atoms with Crippen LogP contribution in [0.1, 0.15) is 18.6 Å². The Labute approximate surface area is 121 Å². The molecule has 0 saturated heterocycles. The van der Waals surface area contributed by atoms with E-state index in [9.17, 15) is 5.11 Å². The molecular weight excluding hydrogens is 258 g/mol. The van der Waals surface area contributed by atoms with E-state index in [1.54, 1.807) is 27.4 Å². The van der Waals surface area contributed by atoms with Crippen molar-refractivity contribution in [1.29, 1.82) is 0 Å². The average Bonchev–Trinajstić information content (AvgIpc) is 2.50. The van der Waals surface area contributed by atoms with Gasteiger partial charge in [0.25, 0.3) is 0 Å². The van der Waals surface area contributed by atoms with Crippen LogP contribution in [0.4, 0.5) is 0 Å². The summed E-state index contributed by atoms with van der Waals surface area (Å²) in [6, 6.07) is 5.45. The molecule has 114 valence electrons. The van der Waals surface area contributed by atoms with E-state index in [0.29, 0.717) is 24.7 Å². The number of hydrogen-bond donors (Lipinski definition) is 1. The van der Waals surface area contributed by atoms with Gasteiger partial charge in [-0.25, -0.2) is 0 Å². The molecule has 0 spiro atoms. The van der Waals surface area contributed by atoms with Gasteiger partial charge in [0.05, 0.1) is 26.9 Å². The Balaban J connectivity index is 2.77. The van der Waals surface area contributed by atoms with Gasteiger partial charge < -0.3 is 19.3 Å². The third-order valence-corrected chi connectivity index (χ3v) is 3.29. The number of nitrogens with zero attached hydrogens (tertiary/aromatic N) is 1. The van der Waals surface area contributed by atoms with Gasteiger partial charge in [-0.3, -0.25) is 4.90 Å². The van der Waals surface area contributed by atoms with E-state index in [0.717, 1.165) is 18.7 Å². The van der Waals surface area contributed by atoms with Gasteiger partial charge in [0, 0.05) is 31.8 Å². The standard InChI is InChI=1S/C15H25NO4/c1-5-16(8-9-18-2)11-14(17)13-7-6-12(19-3)10-15(13)20-4/h6-7,10,14,17H,5,8-9,11H2,1-4H3. The molecule has 1 unspecified atom stereocenters. The maximum atomic E-state index is 10.4. The molecule has 0 radical (unpaired) electrons. The smallest absolute Gasteiger partial charge is 0.128 e. The molecule has 5 nitrogen and oxygen atoms in total. The molecule has 0 heterocycles. The summed E-state index contributed by atoms with van der Waals surface area (Å²) in [6.45, 7) is 4.91. The highest BCUT2D eigenvalue weighted by Crippen LogP contribution is 2.29. The van der Waals surface area contributed by atoms with Gasteiger partial charge in [0.1, 0.15) is 11.5 Å². The topological polar surface area (TPSA) is 51.2 Å². The molecule has 1 atom stereocenters. The summed E-state index contributed by atoms with van der Waals surface area (Å²) < 4.78 is 15.6. The first-order chi connectivity index (χ1) is 9.65. The van der Waals surface area contributed by atoms with Gasteiger partial charge in [-0.2, -0.15) is 0 Å². The van der Waals surface area contributed by atoms with Crippen LogP contribution in [0.15, 0.2) is 18.2 Å². The summed E-state index contributed by atoms with van der Waals surface area (Å²) in [6.07, 6.45) is -0.604. The minimum absolute atomic E-state index is 0.544. The zero-order valence-electron chi connectivity index (χ0n) is 12.8. The predicted molar refractivity (Wildman–Crippen MR) is 78.5 cm³/mol. The van der Waals surface area contributed by atoms with Crippen molar-refractivity contribution in [3.8, 4) is 11.5 Å². The van der Waals surface area contributed by atoms with Crippen molar-refractivity contribution in [1.82, 2.24) is 4.90 Å². The third kappa shape index (κ3) is 4.67. The molecule has 0 fully saturated rings. The Hall–Kier alpha value is -1.30. The van der Waals surface area contributed by atoms with Crippen molar-refractivity contribution in [2.45, 2.75) is 13.0 Å². The van der Waals surface area contributed by atoms with E-state index >= 15 is 0 Å². The van der Waals surface area contributed by atoms with Crippen molar-refractivity contribution in [2.75, 3.05) is 47.6 Å². The normalized spacial score (nSPS) is 12.5. The Morgan fingerprint density at radius 3 is 2.50 bits per heavy atom. The third-order valence-electron chi connectivity index (χ3n) is 3.29. The first kappa shape index (κ1) is 16.8. The summed E-state index contributed by atoms with van der Waals surface area (Å²) in [7, 11) is 4.87. The molecule has 0 aliphatic heterocycles. The summed E-state index contributed by atoms with van der Waals surface area (Å²) in [5.41, 5.74) is 0.768. The summed E-state index contributed by atoms with van der Waals surface area (Å²) >= 11 is 0. The highest BCUT2D eigenvalue weighted by atomic mass is 16.5. The number of likely N-dealkylation sites (N-methyl/N-ethyl adjacent to an activating group) is 1. The van der Waals surface area contributed by atoms with Crippen LogP contribution >= 0.6 is 0 Å². The molecule has 0 amide bonds. The minimum atomic E-state index is -0.604. The maximum absolute atomic E-state index is 10.4. The Morgan fingerprint density at radius 1 is 1.20 bits per heavy atom. The Bertz CT molecular complexity index is 397. The lowest BCUT2D eigenvalue weighted by Crippen LogP contribution is -2.31. The first-order valence-electron chi connectivity index (χ1n) is 6.77. The van der Waals surface area contributed by atoms with E-state index < -0.39 is 6.10 Å². The second-order valence-corrected chi connectivity index (χ2v) is 4.51. The number of methoxy groups -OCH3 is 3. The molecule has 1 N–H and O–H groups in total. The van der Waals surface area contributed by atoms with Crippen LogP contribution in [-0.2, 0) is 4.74 Å². The fourth-order valence-electron chi connectivity index (χ4n) is 2.04. The molecule has 1 rings (SSSR count). The SMILES string of the molecule is CCN(CCOC)CC(O)c1ccc(OC)cc1OC. The largest absolute Gasteiger partial charge is 0.497 e. The van der Waals surface area contributed by atoms with Crippen LogP contribution in [0.5, 0.6) is 11.5 Å². The number of benzene rings is 1. The number of ether oxygens (including phenoxy) is 3. The van der Waals surface area contributed by atoms with Crippen molar-refractivity contribution < 1.29 is 19.3 Å². The van der Waals surface area contributed by atoms with Gasteiger partial charge in [0.15, 0.2) is 0 Å². The van der Waals surface area contributed by atoms with Crippen molar-refractivity contribution >= 4 is 0 Å². The van der Waals surface area contributed by atoms with Crippen molar-refractivity contribution in [3.05, 3.63) is 23.8 Å².